The van der Waals surface area contributed by atoms with Crippen LogP contribution in [0.4, 0.5) is 4.79 Å². The van der Waals surface area contributed by atoms with Crippen molar-refractivity contribution in [2.75, 3.05) is 33.5 Å². The Labute approximate surface area is 172 Å². The number of hydrogen-bond donors (Lipinski definition) is 1. The molecule has 0 unspecified atom stereocenters. The molecule has 1 saturated heterocycles. The number of rotatable bonds is 7. The molecule has 0 spiro atoms. The number of aliphatic hydroxyl groups is 1. The van der Waals surface area contributed by atoms with E-state index < -0.39 is 23.3 Å². The summed E-state index contributed by atoms with van der Waals surface area (Å²) in [5.74, 6) is 0. The number of unbranched alkanes of at least 4 members (excludes halogenated alkanes) is 1. The van der Waals surface area contributed by atoms with Crippen LogP contribution in [-0.2, 0) is 19.8 Å². The van der Waals surface area contributed by atoms with Gasteiger partial charge in [0, 0.05) is 25.3 Å². The Kier molecular flexibility index (Phi) is 8.13. The van der Waals surface area contributed by atoms with Gasteiger partial charge in [-0.2, -0.15) is 0 Å². The third-order valence-corrected chi connectivity index (χ3v) is 5.02. The van der Waals surface area contributed by atoms with Gasteiger partial charge in [0.05, 0.1) is 19.3 Å². The molecule has 1 amide bonds. The van der Waals surface area contributed by atoms with Crippen LogP contribution in [0.15, 0.2) is 24.3 Å². The predicted octanol–water partition coefficient (Wildman–Crippen LogP) is 3.98. The van der Waals surface area contributed by atoms with Crippen molar-refractivity contribution in [1.82, 2.24) is 4.90 Å². The predicted molar refractivity (Wildman–Crippen MR) is 109 cm³/mol. The van der Waals surface area contributed by atoms with Crippen molar-refractivity contribution in [1.29, 1.82) is 0 Å². The maximum Gasteiger partial charge on any atom is 0.410 e. The Morgan fingerprint density at radius 1 is 1.36 bits per heavy atom. The summed E-state index contributed by atoms with van der Waals surface area (Å²) < 4.78 is 16.4. The third kappa shape index (κ3) is 6.08. The Bertz CT molecular complexity index is 648. The highest BCUT2D eigenvalue weighted by Gasteiger charge is 2.46. The van der Waals surface area contributed by atoms with E-state index in [2.05, 4.69) is 0 Å². The van der Waals surface area contributed by atoms with Crippen LogP contribution in [0.2, 0.25) is 5.02 Å². The molecule has 158 valence electrons. The molecule has 7 heteroatoms. The molecular weight excluding hydrogens is 382 g/mol. The molecule has 28 heavy (non-hydrogen) atoms. The minimum Gasteiger partial charge on any atom is -0.444 e. The molecule has 0 aromatic heterocycles. The highest BCUT2D eigenvalue weighted by atomic mass is 35.5. The fourth-order valence-corrected chi connectivity index (χ4v) is 3.63. The quantitative estimate of drug-likeness (QED) is 0.685. The van der Waals surface area contributed by atoms with Crippen LogP contribution in [0.1, 0.15) is 45.6 Å². The molecule has 1 aliphatic rings. The number of carbonyl (C=O) groups excluding carboxylic acids is 1. The highest BCUT2D eigenvalue weighted by molar-refractivity contribution is 6.30. The fraction of sp³-hybridized carbons (Fsp3) is 0.667. The number of benzene rings is 1. The number of amides is 1. The first-order chi connectivity index (χ1) is 13.2. The topological polar surface area (TPSA) is 68.2 Å². The minimum atomic E-state index is -1.31. The normalized spacial score (nSPS) is 19.9. The molecule has 0 aliphatic carbocycles. The number of carbonyl (C=O) groups is 1. The first-order valence-corrected chi connectivity index (χ1v) is 10.1. The SMILES string of the molecule is COCCCC[C@@](O)(c1cccc(Cl)c1)[C@H]1COCCN1C(=O)OC(C)(C)C. The smallest absolute Gasteiger partial charge is 0.410 e. The molecular formula is C21H32ClNO5. The molecule has 2 rings (SSSR count). The largest absolute Gasteiger partial charge is 0.444 e. The first-order valence-electron chi connectivity index (χ1n) is 9.72. The molecule has 1 fully saturated rings. The molecule has 1 aromatic rings. The highest BCUT2D eigenvalue weighted by Crippen LogP contribution is 2.36. The van der Waals surface area contributed by atoms with Crippen LogP contribution in [0, 0.1) is 0 Å². The monoisotopic (exact) mass is 413 g/mol. The van der Waals surface area contributed by atoms with Crippen LogP contribution in [0.5, 0.6) is 0 Å². The molecule has 1 aromatic carbocycles. The summed E-state index contributed by atoms with van der Waals surface area (Å²) in [7, 11) is 1.66. The fourth-order valence-electron chi connectivity index (χ4n) is 3.44. The van der Waals surface area contributed by atoms with Crippen molar-refractivity contribution >= 4 is 17.7 Å². The number of nitrogens with zero attached hydrogens (tertiary/aromatic N) is 1. The van der Waals surface area contributed by atoms with Gasteiger partial charge in [-0.3, -0.25) is 4.90 Å². The van der Waals surface area contributed by atoms with Crippen molar-refractivity contribution in [2.45, 2.75) is 57.3 Å². The van der Waals surface area contributed by atoms with Gasteiger partial charge in [-0.15, -0.1) is 0 Å². The summed E-state index contributed by atoms with van der Waals surface area (Å²) in [5.41, 5.74) is -1.26. The standard InChI is InChI=1S/C21H32ClNO5/c1-20(2,3)28-19(24)23-11-13-27-15-18(23)21(25,10-5-6-12-26-4)16-8-7-9-17(22)14-16/h7-9,14,18,25H,5-6,10-13,15H2,1-4H3/t18-,21-/m1/s1. The maximum absolute atomic E-state index is 12.8. The van der Waals surface area contributed by atoms with Gasteiger partial charge >= 0.3 is 6.09 Å². The van der Waals surface area contributed by atoms with Crippen molar-refractivity contribution in [3.05, 3.63) is 34.9 Å². The summed E-state index contributed by atoms with van der Waals surface area (Å²) in [6.45, 7) is 7.09. The van der Waals surface area contributed by atoms with Gasteiger partial charge in [0.1, 0.15) is 11.2 Å². The molecule has 6 nitrogen and oxygen atoms in total. The van der Waals surface area contributed by atoms with Crippen molar-refractivity contribution in [3.8, 4) is 0 Å². The number of halogens is 1. The molecule has 0 bridgehead atoms. The summed E-state index contributed by atoms with van der Waals surface area (Å²) in [4.78, 5) is 14.4. The Hall–Kier alpha value is -1.34. The zero-order chi connectivity index (χ0) is 20.8. The van der Waals surface area contributed by atoms with E-state index in [1.54, 1.807) is 30.2 Å². The lowest BCUT2D eigenvalue weighted by Crippen LogP contribution is -2.59. The van der Waals surface area contributed by atoms with Gasteiger partial charge in [0.2, 0.25) is 0 Å². The average molecular weight is 414 g/mol. The molecule has 0 saturated carbocycles. The molecule has 1 heterocycles. The molecule has 1 aliphatic heterocycles. The first kappa shape index (κ1) is 22.9. The van der Waals surface area contributed by atoms with E-state index in [0.29, 0.717) is 36.8 Å². The van der Waals surface area contributed by atoms with E-state index >= 15 is 0 Å². The third-order valence-electron chi connectivity index (χ3n) is 4.79. The van der Waals surface area contributed by atoms with Crippen LogP contribution in [0.3, 0.4) is 0 Å². The molecule has 0 radical (unpaired) electrons. The second-order valence-corrected chi connectivity index (χ2v) is 8.59. The number of ether oxygens (including phenoxy) is 3. The van der Waals surface area contributed by atoms with E-state index in [9.17, 15) is 9.90 Å². The summed E-state index contributed by atoms with van der Waals surface area (Å²) in [6, 6.07) is 6.58. The van der Waals surface area contributed by atoms with Gasteiger partial charge in [-0.1, -0.05) is 23.7 Å². The van der Waals surface area contributed by atoms with Crippen LogP contribution in [-0.4, -0.2) is 61.2 Å². The Balaban J connectivity index is 2.34. The van der Waals surface area contributed by atoms with E-state index in [0.717, 1.165) is 12.8 Å². The van der Waals surface area contributed by atoms with Gasteiger partial charge in [0.25, 0.3) is 0 Å². The zero-order valence-electron chi connectivity index (χ0n) is 17.2. The van der Waals surface area contributed by atoms with Crippen molar-refractivity contribution < 1.29 is 24.1 Å². The lowest BCUT2D eigenvalue weighted by Gasteiger charge is -2.45. The van der Waals surface area contributed by atoms with Gasteiger partial charge in [0.15, 0.2) is 0 Å². The second-order valence-electron chi connectivity index (χ2n) is 8.15. The molecule has 1 N–H and O–H groups in total. The zero-order valence-corrected chi connectivity index (χ0v) is 18.0. The average Bonchev–Trinajstić information content (AvgIpc) is 2.64. The lowest BCUT2D eigenvalue weighted by atomic mass is 9.81. The summed E-state index contributed by atoms with van der Waals surface area (Å²) in [5, 5.41) is 12.4. The van der Waals surface area contributed by atoms with Crippen LogP contribution < -0.4 is 0 Å². The second kappa shape index (κ2) is 9.92. The number of hydrogen-bond acceptors (Lipinski definition) is 5. The van der Waals surface area contributed by atoms with E-state index in [4.69, 9.17) is 25.8 Å². The van der Waals surface area contributed by atoms with E-state index in [1.807, 2.05) is 26.8 Å². The van der Waals surface area contributed by atoms with E-state index in [-0.39, 0.29) is 6.61 Å². The lowest BCUT2D eigenvalue weighted by molar-refractivity contribution is -0.119. The Morgan fingerprint density at radius 2 is 2.11 bits per heavy atom. The Morgan fingerprint density at radius 3 is 2.75 bits per heavy atom. The van der Waals surface area contributed by atoms with Gasteiger partial charge < -0.3 is 19.3 Å². The van der Waals surface area contributed by atoms with Crippen molar-refractivity contribution in [3.63, 3.8) is 0 Å². The van der Waals surface area contributed by atoms with Crippen LogP contribution in [0.25, 0.3) is 0 Å². The number of methoxy groups -OCH3 is 1. The summed E-state index contributed by atoms with van der Waals surface area (Å²) >= 11 is 6.19. The van der Waals surface area contributed by atoms with Crippen LogP contribution >= 0.6 is 11.6 Å². The maximum atomic E-state index is 12.8. The van der Waals surface area contributed by atoms with Gasteiger partial charge in [-0.05, 0) is 57.7 Å². The number of morpholine rings is 1. The van der Waals surface area contributed by atoms with Gasteiger partial charge in [-0.25, -0.2) is 4.79 Å². The molecule has 2 atom stereocenters. The minimum absolute atomic E-state index is 0.229. The van der Waals surface area contributed by atoms with E-state index in [1.165, 1.54) is 0 Å². The van der Waals surface area contributed by atoms with Crippen molar-refractivity contribution in [2.24, 2.45) is 0 Å². The summed E-state index contributed by atoms with van der Waals surface area (Å²) in [6.07, 6.45) is 1.54.